The first-order chi connectivity index (χ1) is 9.15. The van der Waals surface area contributed by atoms with Crippen LogP contribution in [0.5, 0.6) is 0 Å². The lowest BCUT2D eigenvalue weighted by atomic mass is 10.2. The van der Waals surface area contributed by atoms with E-state index in [0.29, 0.717) is 17.1 Å². The molecule has 4 nitrogen and oxygen atoms in total. The van der Waals surface area contributed by atoms with Crippen LogP contribution in [0.25, 0.3) is 0 Å². The lowest BCUT2D eigenvalue weighted by Crippen LogP contribution is -2.25. The van der Waals surface area contributed by atoms with Crippen LogP contribution >= 0.6 is 27.5 Å². The molecular weight excluding hydrogens is 330 g/mol. The predicted molar refractivity (Wildman–Crippen MR) is 78.3 cm³/mol. The van der Waals surface area contributed by atoms with Crippen LogP contribution in [0.4, 0.5) is 0 Å². The summed E-state index contributed by atoms with van der Waals surface area (Å²) in [7, 11) is 0. The van der Waals surface area contributed by atoms with E-state index < -0.39 is 0 Å². The van der Waals surface area contributed by atoms with Gasteiger partial charge in [0.15, 0.2) is 0 Å². The zero-order chi connectivity index (χ0) is 13.7. The lowest BCUT2D eigenvalue weighted by molar-refractivity contribution is 0.0952. The van der Waals surface area contributed by atoms with Gasteiger partial charge in [0.1, 0.15) is 0 Å². The highest BCUT2D eigenvalue weighted by Crippen LogP contribution is 2.11. The van der Waals surface area contributed by atoms with Crippen molar-refractivity contribution in [2.75, 3.05) is 6.54 Å². The summed E-state index contributed by atoms with van der Waals surface area (Å²) in [5, 5.41) is 7.56. The van der Waals surface area contributed by atoms with Crippen molar-refractivity contribution in [3.05, 3.63) is 51.7 Å². The molecule has 6 heteroatoms. The number of aromatic nitrogens is 2. The highest BCUT2D eigenvalue weighted by atomic mass is 79.9. The minimum Gasteiger partial charge on any atom is -0.352 e. The van der Waals surface area contributed by atoms with Crippen molar-refractivity contribution < 1.29 is 4.79 Å². The van der Waals surface area contributed by atoms with E-state index in [0.717, 1.165) is 17.4 Å². The van der Waals surface area contributed by atoms with Crippen LogP contribution in [-0.2, 0) is 6.54 Å². The number of amides is 1. The minimum absolute atomic E-state index is 0.0696. The standard InChI is InChI=1S/C13H13BrClN3O/c14-11-4-1-3-10(7-11)13(19)16-5-2-6-18-9-12(15)8-17-18/h1,3-4,7-9H,2,5-6H2,(H,16,19). The zero-order valence-corrected chi connectivity index (χ0v) is 12.5. The van der Waals surface area contributed by atoms with Gasteiger partial charge in [-0.2, -0.15) is 5.10 Å². The number of nitrogens with one attached hydrogen (secondary N) is 1. The Kier molecular flexibility index (Phi) is 4.99. The van der Waals surface area contributed by atoms with Crippen LogP contribution in [0.15, 0.2) is 41.1 Å². The number of halogens is 2. The summed E-state index contributed by atoms with van der Waals surface area (Å²) in [4.78, 5) is 11.8. The van der Waals surface area contributed by atoms with Gasteiger partial charge in [0.2, 0.25) is 0 Å². The topological polar surface area (TPSA) is 46.9 Å². The first-order valence-corrected chi connectivity index (χ1v) is 7.04. The molecule has 0 spiro atoms. The van der Waals surface area contributed by atoms with Gasteiger partial charge in [-0.05, 0) is 24.6 Å². The molecule has 0 saturated heterocycles. The number of carbonyl (C=O) groups is 1. The minimum atomic E-state index is -0.0696. The van der Waals surface area contributed by atoms with Gasteiger partial charge in [0.05, 0.1) is 11.2 Å². The number of hydrogen-bond acceptors (Lipinski definition) is 2. The van der Waals surface area contributed by atoms with Crippen LogP contribution in [0.2, 0.25) is 5.02 Å². The van der Waals surface area contributed by atoms with E-state index in [4.69, 9.17) is 11.6 Å². The van der Waals surface area contributed by atoms with E-state index in [1.807, 2.05) is 12.1 Å². The largest absolute Gasteiger partial charge is 0.352 e. The van der Waals surface area contributed by atoms with E-state index in [1.54, 1.807) is 29.2 Å². The molecule has 2 aromatic rings. The maximum Gasteiger partial charge on any atom is 0.251 e. The van der Waals surface area contributed by atoms with Crippen molar-refractivity contribution in [3.63, 3.8) is 0 Å². The molecule has 0 aliphatic carbocycles. The molecule has 1 aromatic heterocycles. The Labute approximate surface area is 124 Å². The van der Waals surface area contributed by atoms with Crippen LogP contribution in [0.1, 0.15) is 16.8 Å². The van der Waals surface area contributed by atoms with Gasteiger partial charge in [-0.15, -0.1) is 0 Å². The summed E-state index contributed by atoms with van der Waals surface area (Å²) in [6, 6.07) is 7.30. The van der Waals surface area contributed by atoms with Gasteiger partial charge < -0.3 is 5.32 Å². The van der Waals surface area contributed by atoms with Crippen molar-refractivity contribution >= 4 is 33.4 Å². The molecule has 19 heavy (non-hydrogen) atoms. The molecule has 0 aliphatic heterocycles. The third-order valence-corrected chi connectivity index (χ3v) is 3.23. The second kappa shape index (κ2) is 6.73. The average molecular weight is 343 g/mol. The Balaban J connectivity index is 1.75. The quantitative estimate of drug-likeness (QED) is 0.849. The molecule has 1 N–H and O–H groups in total. The molecule has 0 saturated carbocycles. The molecule has 0 aliphatic rings. The predicted octanol–water partition coefficient (Wildman–Crippen LogP) is 3.12. The molecule has 0 unspecified atom stereocenters. The van der Waals surface area contributed by atoms with Crippen molar-refractivity contribution in [1.29, 1.82) is 0 Å². The lowest BCUT2D eigenvalue weighted by Gasteiger charge is -2.05. The van der Waals surface area contributed by atoms with Gasteiger partial charge in [-0.3, -0.25) is 9.48 Å². The van der Waals surface area contributed by atoms with Gasteiger partial charge >= 0.3 is 0 Å². The van der Waals surface area contributed by atoms with Gasteiger partial charge in [-0.1, -0.05) is 33.6 Å². The molecular formula is C13H13BrClN3O. The van der Waals surface area contributed by atoms with E-state index in [2.05, 4.69) is 26.3 Å². The Morgan fingerprint density at radius 2 is 2.32 bits per heavy atom. The molecule has 0 bridgehead atoms. The second-order valence-corrected chi connectivity index (χ2v) is 5.39. The molecule has 0 radical (unpaired) electrons. The molecule has 1 heterocycles. The molecule has 0 fully saturated rings. The summed E-state index contributed by atoms with van der Waals surface area (Å²) < 4.78 is 2.65. The fraction of sp³-hybridized carbons (Fsp3) is 0.231. The molecule has 1 amide bonds. The maximum atomic E-state index is 11.8. The van der Waals surface area contributed by atoms with E-state index in [9.17, 15) is 4.79 Å². The number of aryl methyl sites for hydroxylation is 1. The first-order valence-electron chi connectivity index (χ1n) is 5.87. The Bertz CT molecular complexity index is 571. The van der Waals surface area contributed by atoms with Crippen molar-refractivity contribution in [3.8, 4) is 0 Å². The molecule has 1 aromatic carbocycles. The maximum absolute atomic E-state index is 11.8. The van der Waals surface area contributed by atoms with E-state index >= 15 is 0 Å². The van der Waals surface area contributed by atoms with Crippen molar-refractivity contribution in [1.82, 2.24) is 15.1 Å². The van der Waals surface area contributed by atoms with Gasteiger partial charge in [0.25, 0.3) is 5.91 Å². The van der Waals surface area contributed by atoms with Crippen LogP contribution in [-0.4, -0.2) is 22.2 Å². The Hall–Kier alpha value is -1.33. The summed E-state index contributed by atoms with van der Waals surface area (Å²) in [5.41, 5.74) is 0.650. The zero-order valence-electron chi connectivity index (χ0n) is 10.1. The first kappa shape index (κ1) is 14.1. The van der Waals surface area contributed by atoms with Gasteiger partial charge in [-0.25, -0.2) is 0 Å². The van der Waals surface area contributed by atoms with Crippen molar-refractivity contribution in [2.24, 2.45) is 0 Å². The average Bonchev–Trinajstić information content (AvgIpc) is 2.80. The number of benzene rings is 1. The normalized spacial score (nSPS) is 10.4. The third-order valence-electron chi connectivity index (χ3n) is 2.54. The fourth-order valence-electron chi connectivity index (χ4n) is 1.64. The second-order valence-electron chi connectivity index (χ2n) is 4.04. The number of carbonyl (C=O) groups excluding carboxylic acids is 1. The highest BCUT2D eigenvalue weighted by molar-refractivity contribution is 9.10. The van der Waals surface area contributed by atoms with Crippen LogP contribution < -0.4 is 5.32 Å². The van der Waals surface area contributed by atoms with Crippen molar-refractivity contribution in [2.45, 2.75) is 13.0 Å². The van der Waals surface area contributed by atoms with Gasteiger partial charge in [0, 0.05) is 29.3 Å². The van der Waals surface area contributed by atoms with Crippen LogP contribution in [0.3, 0.4) is 0 Å². The Morgan fingerprint density at radius 1 is 1.47 bits per heavy atom. The van der Waals surface area contributed by atoms with E-state index in [-0.39, 0.29) is 5.91 Å². The Morgan fingerprint density at radius 3 is 3.00 bits per heavy atom. The van der Waals surface area contributed by atoms with Crippen LogP contribution in [0, 0.1) is 0 Å². The number of rotatable bonds is 5. The number of hydrogen-bond donors (Lipinski definition) is 1. The monoisotopic (exact) mass is 341 g/mol. The molecule has 0 atom stereocenters. The van der Waals surface area contributed by atoms with E-state index in [1.165, 1.54) is 0 Å². The smallest absolute Gasteiger partial charge is 0.251 e. The summed E-state index contributed by atoms with van der Waals surface area (Å²) in [6.07, 6.45) is 4.16. The summed E-state index contributed by atoms with van der Waals surface area (Å²) in [6.45, 7) is 1.33. The highest BCUT2D eigenvalue weighted by Gasteiger charge is 2.04. The molecule has 100 valence electrons. The number of nitrogens with zero attached hydrogens (tertiary/aromatic N) is 2. The SMILES string of the molecule is O=C(NCCCn1cc(Cl)cn1)c1cccc(Br)c1. The summed E-state index contributed by atoms with van der Waals surface area (Å²) in [5.74, 6) is -0.0696. The molecule has 2 rings (SSSR count). The summed E-state index contributed by atoms with van der Waals surface area (Å²) >= 11 is 9.10. The fourth-order valence-corrected chi connectivity index (χ4v) is 2.19. The third kappa shape index (κ3) is 4.36.